The Balaban J connectivity index is 2.61. The first-order valence-electron chi connectivity index (χ1n) is 7.31. The molecule has 22 heavy (non-hydrogen) atoms. The number of carbonyl (C=O) groups is 1. The van der Waals surface area contributed by atoms with Crippen LogP contribution in [0.3, 0.4) is 0 Å². The number of anilines is 1. The number of rotatable bonds is 5. The van der Waals surface area contributed by atoms with Crippen molar-refractivity contribution in [3.05, 3.63) is 34.2 Å². The number of nitrogens with one attached hydrogen (secondary N) is 1. The maximum absolute atomic E-state index is 12.5. The van der Waals surface area contributed by atoms with Gasteiger partial charge in [-0.3, -0.25) is 4.79 Å². The topological polar surface area (TPSA) is 64.4 Å². The highest BCUT2D eigenvalue weighted by Gasteiger charge is 2.23. The first kappa shape index (κ1) is 16.4. The summed E-state index contributed by atoms with van der Waals surface area (Å²) in [5, 5.41) is 3.46. The highest BCUT2D eigenvalue weighted by atomic mass is 32.1. The zero-order valence-corrected chi connectivity index (χ0v) is 14.3. The van der Waals surface area contributed by atoms with E-state index in [0.29, 0.717) is 17.1 Å². The van der Waals surface area contributed by atoms with Crippen LogP contribution in [0.5, 0.6) is 5.75 Å². The lowest BCUT2D eigenvalue weighted by atomic mass is 9.98. The molecule has 0 saturated carbocycles. The summed E-state index contributed by atoms with van der Waals surface area (Å²) in [6.07, 6.45) is 0.887. The molecule has 5 heteroatoms. The van der Waals surface area contributed by atoms with E-state index in [9.17, 15) is 4.79 Å². The number of ether oxygens (including phenoxy) is 1. The van der Waals surface area contributed by atoms with Gasteiger partial charge in [0.1, 0.15) is 5.75 Å². The molecule has 1 amide bonds. The number of nitrogens with two attached hydrogens (primary N) is 1. The van der Waals surface area contributed by atoms with E-state index in [2.05, 4.69) is 5.32 Å². The Bertz CT molecular complexity index is 692. The molecule has 0 fully saturated rings. The van der Waals surface area contributed by atoms with Crippen LogP contribution in [0, 0.1) is 13.8 Å². The molecule has 1 aromatic heterocycles. The highest BCUT2D eigenvalue weighted by Crippen LogP contribution is 2.42. The average molecular weight is 318 g/mol. The first-order chi connectivity index (χ1) is 10.5. The van der Waals surface area contributed by atoms with Gasteiger partial charge in [0.2, 0.25) is 0 Å². The molecule has 1 heterocycles. The number of aryl methyl sites for hydroxylation is 2. The number of amides is 1. The molecular weight excluding hydrogens is 296 g/mol. The van der Waals surface area contributed by atoms with Gasteiger partial charge in [0.25, 0.3) is 5.91 Å². The lowest BCUT2D eigenvalue weighted by Crippen LogP contribution is -2.24. The van der Waals surface area contributed by atoms with E-state index in [0.717, 1.165) is 33.7 Å². The highest BCUT2D eigenvalue weighted by molar-refractivity contribution is 7.16. The van der Waals surface area contributed by atoms with E-state index in [1.807, 2.05) is 39.0 Å². The largest absolute Gasteiger partial charge is 0.496 e. The van der Waals surface area contributed by atoms with Gasteiger partial charge in [-0.2, -0.15) is 0 Å². The summed E-state index contributed by atoms with van der Waals surface area (Å²) in [6, 6.07) is 5.94. The Morgan fingerprint density at radius 3 is 2.73 bits per heavy atom. The molecule has 0 aliphatic heterocycles. The normalized spacial score (nSPS) is 10.5. The summed E-state index contributed by atoms with van der Waals surface area (Å²) >= 11 is 1.44. The number of methoxy groups -OCH3 is 1. The van der Waals surface area contributed by atoms with Crippen molar-refractivity contribution in [2.45, 2.75) is 27.2 Å². The number of thiophene rings is 1. The maximum Gasteiger partial charge on any atom is 0.254 e. The average Bonchev–Trinajstić information content (AvgIpc) is 2.79. The van der Waals surface area contributed by atoms with Gasteiger partial charge >= 0.3 is 0 Å². The van der Waals surface area contributed by atoms with Crippen molar-refractivity contribution >= 4 is 22.2 Å². The van der Waals surface area contributed by atoms with Gasteiger partial charge in [0.05, 0.1) is 17.7 Å². The third kappa shape index (κ3) is 3.09. The predicted molar refractivity (Wildman–Crippen MR) is 92.8 cm³/mol. The lowest BCUT2D eigenvalue weighted by Gasteiger charge is -2.12. The van der Waals surface area contributed by atoms with E-state index >= 15 is 0 Å². The number of hydrogen-bond donors (Lipinski definition) is 2. The van der Waals surface area contributed by atoms with Crippen LogP contribution in [0.15, 0.2) is 18.2 Å². The van der Waals surface area contributed by atoms with E-state index in [1.54, 1.807) is 7.11 Å². The fourth-order valence-electron chi connectivity index (χ4n) is 2.46. The third-order valence-corrected chi connectivity index (χ3v) is 4.43. The number of hydrogen-bond acceptors (Lipinski definition) is 4. The zero-order chi connectivity index (χ0) is 16.3. The summed E-state index contributed by atoms with van der Waals surface area (Å²) < 4.78 is 5.47. The van der Waals surface area contributed by atoms with Gasteiger partial charge in [0, 0.05) is 22.5 Å². The molecule has 0 saturated heterocycles. The number of nitrogen functional groups attached to an aromatic ring is 1. The molecule has 118 valence electrons. The molecule has 0 bridgehead atoms. The van der Waals surface area contributed by atoms with Crippen molar-refractivity contribution in [1.82, 2.24) is 5.32 Å². The molecule has 0 atom stereocenters. The minimum atomic E-state index is -0.123. The van der Waals surface area contributed by atoms with Crippen molar-refractivity contribution in [3.8, 4) is 16.9 Å². The van der Waals surface area contributed by atoms with Crippen molar-refractivity contribution in [2.24, 2.45) is 0 Å². The fraction of sp³-hybridized carbons (Fsp3) is 0.353. The molecule has 0 aliphatic rings. The Kier molecular flexibility index (Phi) is 5.08. The second kappa shape index (κ2) is 6.83. The van der Waals surface area contributed by atoms with Gasteiger partial charge in [-0.05, 0) is 32.4 Å². The lowest BCUT2D eigenvalue weighted by molar-refractivity contribution is 0.0955. The molecule has 0 aliphatic carbocycles. The van der Waals surface area contributed by atoms with Gasteiger partial charge in [-0.15, -0.1) is 11.3 Å². The summed E-state index contributed by atoms with van der Waals surface area (Å²) in [4.78, 5) is 13.5. The summed E-state index contributed by atoms with van der Waals surface area (Å²) in [5.41, 5.74) is 9.55. The Morgan fingerprint density at radius 1 is 1.36 bits per heavy atom. The van der Waals surface area contributed by atoms with Crippen molar-refractivity contribution in [1.29, 1.82) is 0 Å². The Morgan fingerprint density at radius 2 is 2.09 bits per heavy atom. The molecule has 2 aromatic rings. The van der Waals surface area contributed by atoms with E-state index < -0.39 is 0 Å². The molecule has 1 aromatic carbocycles. The van der Waals surface area contributed by atoms with Crippen LogP contribution in [0.4, 0.5) is 5.00 Å². The van der Waals surface area contributed by atoms with Crippen LogP contribution >= 0.6 is 11.3 Å². The Labute approximate surface area is 135 Å². The first-order valence-corrected chi connectivity index (χ1v) is 8.13. The van der Waals surface area contributed by atoms with Gasteiger partial charge in [-0.25, -0.2) is 0 Å². The minimum absolute atomic E-state index is 0.123. The van der Waals surface area contributed by atoms with Gasteiger partial charge < -0.3 is 15.8 Å². The SMILES string of the molecule is CCCNC(=O)c1c(N)sc(C)c1-c1cc(C)ccc1OC. The van der Waals surface area contributed by atoms with E-state index in [4.69, 9.17) is 10.5 Å². The summed E-state index contributed by atoms with van der Waals surface area (Å²) in [5.74, 6) is 0.623. The van der Waals surface area contributed by atoms with Crippen molar-refractivity contribution in [3.63, 3.8) is 0 Å². The van der Waals surface area contributed by atoms with Crippen LogP contribution in [0.25, 0.3) is 11.1 Å². The molecule has 0 radical (unpaired) electrons. The van der Waals surface area contributed by atoms with E-state index in [-0.39, 0.29) is 5.91 Å². The van der Waals surface area contributed by atoms with Crippen LogP contribution in [-0.2, 0) is 0 Å². The second-order valence-electron chi connectivity index (χ2n) is 5.23. The molecule has 0 spiro atoms. The third-order valence-electron chi connectivity index (χ3n) is 3.50. The molecular formula is C17H22N2O2S. The number of carbonyl (C=O) groups excluding carboxylic acids is 1. The zero-order valence-electron chi connectivity index (χ0n) is 13.4. The van der Waals surface area contributed by atoms with Crippen molar-refractivity contribution < 1.29 is 9.53 Å². The molecule has 3 N–H and O–H groups in total. The summed E-state index contributed by atoms with van der Waals surface area (Å²) in [6.45, 7) is 6.66. The quantitative estimate of drug-likeness (QED) is 0.882. The van der Waals surface area contributed by atoms with Crippen molar-refractivity contribution in [2.75, 3.05) is 19.4 Å². The van der Waals surface area contributed by atoms with E-state index in [1.165, 1.54) is 11.3 Å². The Hall–Kier alpha value is -2.01. The smallest absolute Gasteiger partial charge is 0.254 e. The maximum atomic E-state index is 12.5. The van der Waals surface area contributed by atoms with Gasteiger partial charge in [0.15, 0.2) is 0 Å². The fourth-order valence-corrected chi connectivity index (χ4v) is 3.40. The molecule has 2 rings (SSSR count). The van der Waals surface area contributed by atoms with Crippen LogP contribution in [-0.4, -0.2) is 19.6 Å². The second-order valence-corrected chi connectivity index (χ2v) is 6.49. The van der Waals surface area contributed by atoms with Crippen LogP contribution in [0.2, 0.25) is 0 Å². The monoisotopic (exact) mass is 318 g/mol. The molecule has 0 unspecified atom stereocenters. The molecule has 4 nitrogen and oxygen atoms in total. The standard InChI is InChI=1S/C17H22N2O2S/c1-5-8-19-17(20)15-14(11(3)22-16(15)18)12-9-10(2)6-7-13(12)21-4/h6-7,9H,5,8,18H2,1-4H3,(H,19,20). The number of benzene rings is 1. The minimum Gasteiger partial charge on any atom is -0.496 e. The van der Waals surface area contributed by atoms with Gasteiger partial charge in [-0.1, -0.05) is 18.6 Å². The van der Waals surface area contributed by atoms with Crippen LogP contribution < -0.4 is 15.8 Å². The summed E-state index contributed by atoms with van der Waals surface area (Å²) in [7, 11) is 1.63. The van der Waals surface area contributed by atoms with Crippen LogP contribution in [0.1, 0.15) is 34.1 Å². The predicted octanol–water partition coefficient (Wildman–Crippen LogP) is 3.76.